The minimum atomic E-state index is 0.753. The lowest BCUT2D eigenvalue weighted by Gasteiger charge is -2.39. The van der Waals surface area contributed by atoms with Gasteiger partial charge in [-0.3, -0.25) is 4.90 Å². The Hall–Kier alpha value is -1.20. The van der Waals surface area contributed by atoms with Gasteiger partial charge in [-0.1, -0.05) is 15.9 Å². The zero-order chi connectivity index (χ0) is 15.8. The molecule has 0 radical (unpaired) electrons. The topological polar surface area (TPSA) is 32.3 Å². The van der Waals surface area contributed by atoms with E-state index < -0.39 is 0 Å². The van der Waals surface area contributed by atoms with E-state index in [2.05, 4.69) is 54.8 Å². The normalized spacial score (nSPS) is 23.7. The van der Waals surface area contributed by atoms with Gasteiger partial charge >= 0.3 is 0 Å². The monoisotopic (exact) mass is 374 g/mol. The number of piperidine rings is 1. The zero-order valence-electron chi connectivity index (χ0n) is 13.6. The molecule has 2 aromatic rings. The van der Waals surface area contributed by atoms with E-state index in [4.69, 9.17) is 0 Å². The first-order valence-corrected chi connectivity index (χ1v) is 9.42. The number of rotatable bonds is 2. The highest BCUT2D eigenvalue weighted by atomic mass is 79.9. The second-order valence-electron chi connectivity index (χ2n) is 6.81. The van der Waals surface area contributed by atoms with E-state index in [0.29, 0.717) is 0 Å². The Kier molecular flexibility index (Phi) is 4.24. The first kappa shape index (κ1) is 15.3. The molecule has 2 fully saturated rings. The highest BCUT2D eigenvalue weighted by Crippen LogP contribution is 2.30. The van der Waals surface area contributed by atoms with E-state index >= 15 is 0 Å². The molecule has 0 amide bonds. The summed E-state index contributed by atoms with van der Waals surface area (Å²) in [5.74, 6) is 1.09. The van der Waals surface area contributed by atoms with Gasteiger partial charge in [-0.25, -0.2) is 9.97 Å². The Morgan fingerprint density at radius 2 is 1.91 bits per heavy atom. The molecular weight excluding hydrogens is 352 g/mol. The van der Waals surface area contributed by atoms with Crippen LogP contribution >= 0.6 is 15.9 Å². The summed E-state index contributed by atoms with van der Waals surface area (Å²) in [6.07, 6.45) is 6.91. The molecular formula is C18H23BrN4. The molecule has 2 aliphatic heterocycles. The molecule has 1 aromatic carbocycles. The number of nitrogens with zero attached hydrogens (tertiary/aromatic N) is 4. The molecule has 2 saturated heterocycles. The minimum absolute atomic E-state index is 0.753. The van der Waals surface area contributed by atoms with E-state index in [0.717, 1.165) is 46.4 Å². The number of aromatic nitrogens is 2. The molecule has 1 unspecified atom stereocenters. The Balaban J connectivity index is 1.53. The van der Waals surface area contributed by atoms with Crippen molar-refractivity contribution in [3.8, 4) is 0 Å². The molecule has 1 aromatic heterocycles. The maximum Gasteiger partial charge on any atom is 0.139 e. The number of benzene rings is 1. The number of hydrogen-bond donors (Lipinski definition) is 0. The lowest BCUT2D eigenvalue weighted by Crippen LogP contribution is -2.46. The van der Waals surface area contributed by atoms with Crippen molar-refractivity contribution in [3.05, 3.63) is 29.0 Å². The van der Waals surface area contributed by atoms with Crippen LogP contribution < -0.4 is 4.90 Å². The fraction of sp³-hybridized carbons (Fsp3) is 0.556. The van der Waals surface area contributed by atoms with Crippen LogP contribution in [0.25, 0.3) is 10.9 Å². The summed E-state index contributed by atoms with van der Waals surface area (Å²) in [7, 11) is 0. The third-order valence-electron chi connectivity index (χ3n) is 5.41. The van der Waals surface area contributed by atoms with Gasteiger partial charge in [0.15, 0.2) is 0 Å². The van der Waals surface area contributed by atoms with Gasteiger partial charge in [0.05, 0.1) is 5.52 Å². The highest BCUT2D eigenvalue weighted by molar-refractivity contribution is 9.10. The summed E-state index contributed by atoms with van der Waals surface area (Å²) in [6.45, 7) is 5.85. The van der Waals surface area contributed by atoms with Crippen LogP contribution in [-0.2, 0) is 0 Å². The Bertz CT molecular complexity index is 696. The summed E-state index contributed by atoms with van der Waals surface area (Å²) in [4.78, 5) is 14.2. The van der Waals surface area contributed by atoms with Crippen LogP contribution in [0, 0.1) is 0 Å². The zero-order valence-corrected chi connectivity index (χ0v) is 15.2. The molecule has 0 N–H and O–H groups in total. The summed E-state index contributed by atoms with van der Waals surface area (Å²) in [5.41, 5.74) is 1.02. The standard InChI is InChI=1S/C18H23BrN4/c1-13-3-2-8-23(13)15-6-9-22(10-7-15)18-16-11-14(19)4-5-17(16)20-12-21-18/h4-5,11-13,15H,2-3,6-10H2,1H3. The first-order valence-electron chi connectivity index (χ1n) is 8.63. The van der Waals surface area contributed by atoms with Gasteiger partial charge in [0.2, 0.25) is 0 Å². The van der Waals surface area contributed by atoms with Crippen LogP contribution in [0.4, 0.5) is 5.82 Å². The number of hydrogen-bond acceptors (Lipinski definition) is 4. The summed E-state index contributed by atoms with van der Waals surface area (Å²) < 4.78 is 1.09. The molecule has 5 heteroatoms. The van der Waals surface area contributed by atoms with Crippen molar-refractivity contribution in [2.45, 2.75) is 44.7 Å². The molecule has 0 bridgehead atoms. The van der Waals surface area contributed by atoms with Gasteiger partial charge in [-0.2, -0.15) is 0 Å². The SMILES string of the molecule is CC1CCCN1C1CCN(c2ncnc3ccc(Br)cc23)CC1. The van der Waals surface area contributed by atoms with Crippen molar-refractivity contribution in [3.63, 3.8) is 0 Å². The van der Waals surface area contributed by atoms with Gasteiger partial charge in [0.25, 0.3) is 0 Å². The smallest absolute Gasteiger partial charge is 0.139 e. The molecule has 2 aliphatic rings. The quantitative estimate of drug-likeness (QED) is 0.798. The molecule has 23 heavy (non-hydrogen) atoms. The Morgan fingerprint density at radius 1 is 1.09 bits per heavy atom. The molecule has 4 rings (SSSR count). The van der Waals surface area contributed by atoms with Crippen LogP contribution in [0.3, 0.4) is 0 Å². The largest absolute Gasteiger partial charge is 0.356 e. The number of halogens is 1. The Morgan fingerprint density at radius 3 is 2.65 bits per heavy atom. The lowest BCUT2D eigenvalue weighted by atomic mass is 10.0. The van der Waals surface area contributed by atoms with Crippen molar-refractivity contribution in [2.24, 2.45) is 0 Å². The number of likely N-dealkylation sites (tertiary alicyclic amines) is 1. The van der Waals surface area contributed by atoms with Gasteiger partial charge in [0.1, 0.15) is 12.1 Å². The van der Waals surface area contributed by atoms with E-state index in [1.165, 1.54) is 32.2 Å². The van der Waals surface area contributed by atoms with Crippen molar-refractivity contribution < 1.29 is 0 Å². The van der Waals surface area contributed by atoms with Crippen LogP contribution in [0.1, 0.15) is 32.6 Å². The first-order chi connectivity index (χ1) is 11.2. The summed E-state index contributed by atoms with van der Waals surface area (Å²) in [6, 6.07) is 7.76. The van der Waals surface area contributed by atoms with Gasteiger partial charge < -0.3 is 4.90 Å². The molecule has 122 valence electrons. The van der Waals surface area contributed by atoms with Crippen molar-refractivity contribution in [1.82, 2.24) is 14.9 Å². The minimum Gasteiger partial charge on any atom is -0.356 e. The van der Waals surface area contributed by atoms with E-state index in [-0.39, 0.29) is 0 Å². The van der Waals surface area contributed by atoms with Crippen LogP contribution in [0.5, 0.6) is 0 Å². The van der Waals surface area contributed by atoms with Gasteiger partial charge in [-0.05, 0) is 57.4 Å². The molecule has 3 heterocycles. The van der Waals surface area contributed by atoms with E-state index in [1.54, 1.807) is 6.33 Å². The maximum atomic E-state index is 4.59. The predicted octanol–water partition coefficient (Wildman–Crippen LogP) is 3.85. The third-order valence-corrected chi connectivity index (χ3v) is 5.91. The fourth-order valence-corrected chi connectivity index (χ4v) is 4.54. The summed E-state index contributed by atoms with van der Waals surface area (Å²) in [5, 5.41) is 1.15. The molecule has 0 saturated carbocycles. The number of fused-ring (bicyclic) bond motifs is 1. The second-order valence-corrected chi connectivity index (χ2v) is 7.72. The molecule has 1 atom stereocenters. The van der Waals surface area contributed by atoms with E-state index in [9.17, 15) is 0 Å². The van der Waals surface area contributed by atoms with Crippen LogP contribution in [-0.4, -0.2) is 46.6 Å². The lowest BCUT2D eigenvalue weighted by molar-refractivity contribution is 0.163. The predicted molar refractivity (Wildman–Crippen MR) is 97.9 cm³/mol. The second kappa shape index (κ2) is 6.36. The number of anilines is 1. The highest BCUT2D eigenvalue weighted by Gasteiger charge is 2.31. The summed E-state index contributed by atoms with van der Waals surface area (Å²) >= 11 is 3.57. The fourth-order valence-electron chi connectivity index (χ4n) is 4.17. The molecule has 0 spiro atoms. The van der Waals surface area contributed by atoms with Crippen molar-refractivity contribution in [1.29, 1.82) is 0 Å². The Labute approximate surface area is 146 Å². The van der Waals surface area contributed by atoms with Gasteiger partial charge in [0, 0.05) is 35.0 Å². The van der Waals surface area contributed by atoms with E-state index in [1.807, 2.05) is 6.07 Å². The average molecular weight is 375 g/mol. The van der Waals surface area contributed by atoms with Crippen LogP contribution in [0.2, 0.25) is 0 Å². The van der Waals surface area contributed by atoms with Crippen molar-refractivity contribution >= 4 is 32.7 Å². The van der Waals surface area contributed by atoms with Crippen molar-refractivity contribution in [2.75, 3.05) is 24.5 Å². The van der Waals surface area contributed by atoms with Gasteiger partial charge in [-0.15, -0.1) is 0 Å². The molecule has 0 aliphatic carbocycles. The van der Waals surface area contributed by atoms with Crippen LogP contribution in [0.15, 0.2) is 29.0 Å². The maximum absolute atomic E-state index is 4.59. The molecule has 4 nitrogen and oxygen atoms in total. The average Bonchev–Trinajstić information content (AvgIpc) is 3.00. The third kappa shape index (κ3) is 2.96.